The minimum absolute atomic E-state index is 0.332. The molecular formula is C13H15N3O3S2. The van der Waals surface area contributed by atoms with E-state index in [9.17, 15) is 13.2 Å². The van der Waals surface area contributed by atoms with Crippen LogP contribution in [-0.2, 0) is 10.0 Å². The van der Waals surface area contributed by atoms with E-state index in [0.717, 1.165) is 16.7 Å². The number of hydrogen-bond acceptors (Lipinski definition) is 5. The van der Waals surface area contributed by atoms with Crippen LogP contribution in [0.2, 0.25) is 0 Å². The summed E-state index contributed by atoms with van der Waals surface area (Å²) in [6, 6.07) is 4.83. The Morgan fingerprint density at radius 2 is 2.00 bits per heavy atom. The van der Waals surface area contributed by atoms with Crippen molar-refractivity contribution in [3.8, 4) is 0 Å². The van der Waals surface area contributed by atoms with Gasteiger partial charge in [-0.1, -0.05) is 6.07 Å². The maximum absolute atomic E-state index is 12.1. The molecule has 2 rings (SSSR count). The third-order valence-electron chi connectivity index (χ3n) is 2.64. The van der Waals surface area contributed by atoms with E-state index < -0.39 is 10.0 Å². The molecule has 0 saturated heterocycles. The van der Waals surface area contributed by atoms with Gasteiger partial charge in [-0.05, 0) is 31.5 Å². The first-order valence-corrected chi connectivity index (χ1v) is 8.77. The van der Waals surface area contributed by atoms with E-state index in [1.165, 1.54) is 17.4 Å². The number of sulfonamides is 1. The number of aryl methyl sites for hydroxylation is 2. The molecule has 0 aliphatic heterocycles. The first-order chi connectivity index (χ1) is 9.74. The Kier molecular flexibility index (Phi) is 4.29. The summed E-state index contributed by atoms with van der Waals surface area (Å²) in [4.78, 5) is 17.2. The van der Waals surface area contributed by atoms with Gasteiger partial charge >= 0.3 is 0 Å². The molecule has 112 valence electrons. The summed E-state index contributed by atoms with van der Waals surface area (Å²) in [5, 5.41) is 3.19. The quantitative estimate of drug-likeness (QED) is 0.903. The van der Waals surface area contributed by atoms with Gasteiger partial charge in [0.05, 0.1) is 11.9 Å². The summed E-state index contributed by atoms with van der Waals surface area (Å²) in [5.74, 6) is -0.332. The molecule has 0 spiro atoms. The zero-order valence-electron chi connectivity index (χ0n) is 11.8. The van der Waals surface area contributed by atoms with Crippen molar-refractivity contribution in [2.24, 2.45) is 0 Å². The summed E-state index contributed by atoms with van der Waals surface area (Å²) in [6.07, 6.45) is 2.74. The van der Waals surface area contributed by atoms with Crippen LogP contribution in [0.1, 0.15) is 20.8 Å². The predicted octanol–water partition coefficient (Wildman–Crippen LogP) is 2.38. The Morgan fingerprint density at radius 3 is 2.57 bits per heavy atom. The molecule has 0 saturated carbocycles. The number of carbonyl (C=O) groups is 1. The second-order valence-corrected chi connectivity index (χ2v) is 7.62. The van der Waals surface area contributed by atoms with E-state index in [2.05, 4.69) is 15.0 Å². The molecule has 0 aliphatic rings. The van der Waals surface area contributed by atoms with Gasteiger partial charge in [0.15, 0.2) is 5.13 Å². The van der Waals surface area contributed by atoms with Crippen molar-refractivity contribution in [2.45, 2.75) is 13.8 Å². The van der Waals surface area contributed by atoms with Crippen LogP contribution in [0.3, 0.4) is 0 Å². The van der Waals surface area contributed by atoms with Crippen LogP contribution in [0, 0.1) is 13.8 Å². The lowest BCUT2D eigenvalue weighted by Gasteiger charge is -2.09. The monoisotopic (exact) mass is 325 g/mol. The number of benzene rings is 1. The number of nitrogens with one attached hydrogen (secondary N) is 2. The van der Waals surface area contributed by atoms with Crippen LogP contribution in [0.5, 0.6) is 0 Å². The number of hydrogen-bond donors (Lipinski definition) is 2. The van der Waals surface area contributed by atoms with E-state index in [4.69, 9.17) is 0 Å². The summed E-state index contributed by atoms with van der Waals surface area (Å²) >= 11 is 1.37. The van der Waals surface area contributed by atoms with Gasteiger partial charge in [0.1, 0.15) is 0 Å². The predicted molar refractivity (Wildman–Crippen MR) is 84.4 cm³/mol. The van der Waals surface area contributed by atoms with E-state index in [1.54, 1.807) is 25.3 Å². The molecule has 0 radical (unpaired) electrons. The Hall–Kier alpha value is -1.93. The van der Waals surface area contributed by atoms with Crippen molar-refractivity contribution in [3.63, 3.8) is 0 Å². The molecule has 1 aromatic heterocycles. The molecule has 0 aliphatic carbocycles. The summed E-state index contributed by atoms with van der Waals surface area (Å²) < 4.78 is 25.0. The molecule has 6 nitrogen and oxygen atoms in total. The Morgan fingerprint density at radius 1 is 1.29 bits per heavy atom. The number of nitrogens with zero attached hydrogens (tertiary/aromatic N) is 1. The number of rotatable bonds is 4. The fourth-order valence-electron chi connectivity index (χ4n) is 1.65. The van der Waals surface area contributed by atoms with Crippen molar-refractivity contribution >= 4 is 38.1 Å². The van der Waals surface area contributed by atoms with Gasteiger partial charge in [0, 0.05) is 16.6 Å². The van der Waals surface area contributed by atoms with Crippen LogP contribution in [0.15, 0.2) is 24.4 Å². The van der Waals surface area contributed by atoms with Crippen LogP contribution < -0.4 is 10.0 Å². The lowest BCUT2D eigenvalue weighted by atomic mass is 10.1. The summed E-state index contributed by atoms with van der Waals surface area (Å²) in [6.45, 7) is 3.66. The van der Waals surface area contributed by atoms with E-state index in [-0.39, 0.29) is 5.91 Å². The smallest absolute Gasteiger partial charge is 0.257 e. The third kappa shape index (κ3) is 4.27. The lowest BCUT2D eigenvalue weighted by Crippen LogP contribution is -2.14. The van der Waals surface area contributed by atoms with Gasteiger partial charge in [-0.2, -0.15) is 0 Å². The van der Waals surface area contributed by atoms with E-state index in [0.29, 0.717) is 16.4 Å². The number of anilines is 2. The maximum Gasteiger partial charge on any atom is 0.257 e. The number of thiazole rings is 1. The van der Waals surface area contributed by atoms with Gasteiger partial charge < -0.3 is 0 Å². The molecule has 8 heteroatoms. The first kappa shape index (κ1) is 15.5. The van der Waals surface area contributed by atoms with Crippen LogP contribution in [0.25, 0.3) is 0 Å². The second kappa shape index (κ2) is 5.82. The fraction of sp³-hybridized carbons (Fsp3) is 0.231. The number of amides is 1. The van der Waals surface area contributed by atoms with Gasteiger partial charge in [-0.25, -0.2) is 13.4 Å². The van der Waals surface area contributed by atoms with Crippen molar-refractivity contribution in [2.75, 3.05) is 16.3 Å². The molecule has 2 aromatic rings. The van der Waals surface area contributed by atoms with E-state index >= 15 is 0 Å². The van der Waals surface area contributed by atoms with Gasteiger partial charge in [0.25, 0.3) is 5.91 Å². The minimum atomic E-state index is -3.39. The van der Waals surface area contributed by atoms with Crippen molar-refractivity contribution in [1.29, 1.82) is 0 Å². The van der Waals surface area contributed by atoms with Gasteiger partial charge in [-0.3, -0.25) is 14.8 Å². The average molecular weight is 325 g/mol. The molecule has 0 bridgehead atoms. The second-order valence-electron chi connectivity index (χ2n) is 4.63. The molecular weight excluding hydrogens is 310 g/mol. The van der Waals surface area contributed by atoms with Crippen LogP contribution >= 0.6 is 11.3 Å². The summed E-state index contributed by atoms with van der Waals surface area (Å²) in [5.41, 5.74) is 1.49. The normalized spacial score (nSPS) is 11.2. The Labute approximate surface area is 127 Å². The minimum Gasteiger partial charge on any atom is -0.298 e. The molecule has 2 N–H and O–H groups in total. The van der Waals surface area contributed by atoms with Crippen LogP contribution in [-0.4, -0.2) is 25.6 Å². The molecule has 0 atom stereocenters. The SMILES string of the molecule is Cc1cnc(NC(=O)c2ccc(C)c(NS(C)(=O)=O)c2)s1. The highest BCUT2D eigenvalue weighted by atomic mass is 32.2. The standard InChI is InChI=1S/C13H15N3O3S2/c1-8-4-5-10(6-11(8)16-21(3,18)19)12(17)15-13-14-7-9(2)20-13/h4-7,16H,1-3H3,(H,14,15,17). The number of aromatic nitrogens is 1. The van der Waals surface area contributed by atoms with E-state index in [1.807, 2.05) is 6.92 Å². The first-order valence-electron chi connectivity index (χ1n) is 6.07. The highest BCUT2D eigenvalue weighted by molar-refractivity contribution is 7.92. The number of carbonyl (C=O) groups excluding carboxylic acids is 1. The molecule has 1 amide bonds. The highest BCUT2D eigenvalue weighted by Gasteiger charge is 2.12. The lowest BCUT2D eigenvalue weighted by molar-refractivity contribution is 0.102. The van der Waals surface area contributed by atoms with Crippen molar-refractivity contribution in [1.82, 2.24) is 4.98 Å². The average Bonchev–Trinajstić information content (AvgIpc) is 2.75. The third-order valence-corrected chi connectivity index (χ3v) is 4.06. The van der Waals surface area contributed by atoms with Gasteiger partial charge in [0.2, 0.25) is 10.0 Å². The fourth-order valence-corrected chi connectivity index (χ4v) is 2.93. The maximum atomic E-state index is 12.1. The molecule has 21 heavy (non-hydrogen) atoms. The van der Waals surface area contributed by atoms with Crippen LogP contribution in [0.4, 0.5) is 10.8 Å². The zero-order chi connectivity index (χ0) is 15.6. The molecule has 0 fully saturated rings. The summed E-state index contributed by atoms with van der Waals surface area (Å²) in [7, 11) is -3.39. The van der Waals surface area contributed by atoms with Crippen molar-refractivity contribution in [3.05, 3.63) is 40.4 Å². The van der Waals surface area contributed by atoms with Gasteiger partial charge in [-0.15, -0.1) is 11.3 Å². The van der Waals surface area contributed by atoms with Crippen molar-refractivity contribution < 1.29 is 13.2 Å². The highest BCUT2D eigenvalue weighted by Crippen LogP contribution is 2.21. The molecule has 0 unspecified atom stereocenters. The molecule has 1 heterocycles. The zero-order valence-corrected chi connectivity index (χ0v) is 13.4. The topological polar surface area (TPSA) is 88.2 Å². The molecule has 1 aromatic carbocycles. The largest absolute Gasteiger partial charge is 0.298 e. The Bertz CT molecular complexity index is 782. The Balaban J connectivity index is 2.23.